The minimum absolute atomic E-state index is 0.111. The highest BCUT2D eigenvalue weighted by atomic mass is 19.1. The average molecular weight is 250 g/mol. The van der Waals surface area contributed by atoms with E-state index in [1.165, 1.54) is 12.1 Å². The lowest BCUT2D eigenvalue weighted by Crippen LogP contribution is -2.36. The maximum absolute atomic E-state index is 13.1. The Balaban J connectivity index is 2.39. The van der Waals surface area contributed by atoms with E-state index in [0.29, 0.717) is 17.8 Å². The van der Waals surface area contributed by atoms with E-state index in [2.05, 4.69) is 5.32 Å². The number of anilines is 1. The highest BCUT2D eigenvalue weighted by molar-refractivity contribution is 6.01. The Morgan fingerprint density at radius 3 is 2.94 bits per heavy atom. The second-order valence-corrected chi connectivity index (χ2v) is 4.39. The van der Waals surface area contributed by atoms with Crippen LogP contribution in [0.1, 0.15) is 24.8 Å². The van der Waals surface area contributed by atoms with Gasteiger partial charge in [-0.25, -0.2) is 4.39 Å². The average Bonchev–Trinajstić information content (AvgIpc) is 2.35. The number of carbonyl (C=O) groups is 2. The van der Waals surface area contributed by atoms with Crippen molar-refractivity contribution in [3.8, 4) is 0 Å². The fraction of sp³-hybridized carbons (Fsp3) is 0.385. The van der Waals surface area contributed by atoms with Crippen molar-refractivity contribution in [3.63, 3.8) is 0 Å². The van der Waals surface area contributed by atoms with Gasteiger partial charge in [0.2, 0.25) is 11.8 Å². The van der Waals surface area contributed by atoms with Crippen LogP contribution in [0.5, 0.6) is 0 Å². The molecular formula is C13H15FN2O2. The van der Waals surface area contributed by atoms with Gasteiger partial charge in [0.25, 0.3) is 0 Å². The first kappa shape index (κ1) is 12.5. The number of likely N-dealkylation sites (N-methyl/N-ethyl adjacent to an activating group) is 1. The molecule has 1 unspecified atom stereocenters. The molecule has 0 aromatic heterocycles. The van der Waals surface area contributed by atoms with Gasteiger partial charge >= 0.3 is 0 Å². The fourth-order valence-electron chi connectivity index (χ4n) is 2.08. The van der Waals surface area contributed by atoms with Gasteiger partial charge in [-0.15, -0.1) is 0 Å². The smallest absolute Gasteiger partial charge is 0.230 e. The van der Waals surface area contributed by atoms with E-state index in [1.807, 2.05) is 6.92 Å². The molecule has 5 heteroatoms. The number of carbonyl (C=O) groups excluding carboxylic acids is 2. The molecule has 1 aliphatic heterocycles. The molecule has 1 heterocycles. The molecule has 2 amide bonds. The van der Waals surface area contributed by atoms with Crippen molar-refractivity contribution in [2.24, 2.45) is 0 Å². The number of hydrogen-bond donors (Lipinski definition) is 1. The zero-order valence-corrected chi connectivity index (χ0v) is 10.4. The highest BCUT2D eigenvalue weighted by Crippen LogP contribution is 2.33. The predicted molar refractivity (Wildman–Crippen MR) is 65.7 cm³/mol. The summed E-state index contributed by atoms with van der Waals surface area (Å²) in [5, 5.41) is 2.59. The third-order valence-electron chi connectivity index (χ3n) is 3.20. The molecule has 1 N–H and O–H groups in total. The topological polar surface area (TPSA) is 49.4 Å². The van der Waals surface area contributed by atoms with Crippen molar-refractivity contribution in [2.75, 3.05) is 18.9 Å². The summed E-state index contributed by atoms with van der Waals surface area (Å²) in [5.74, 6) is -1.30. The monoisotopic (exact) mass is 250 g/mol. The number of benzene rings is 1. The molecule has 1 aromatic rings. The van der Waals surface area contributed by atoms with Gasteiger partial charge in [0.15, 0.2) is 0 Å². The van der Waals surface area contributed by atoms with E-state index in [4.69, 9.17) is 0 Å². The Kier molecular flexibility index (Phi) is 3.32. The van der Waals surface area contributed by atoms with E-state index in [0.717, 1.165) is 0 Å². The van der Waals surface area contributed by atoms with Crippen molar-refractivity contribution in [1.82, 2.24) is 4.90 Å². The Morgan fingerprint density at radius 2 is 2.28 bits per heavy atom. The summed E-state index contributed by atoms with van der Waals surface area (Å²) in [6.45, 7) is 2.44. The Morgan fingerprint density at radius 1 is 1.56 bits per heavy atom. The first-order chi connectivity index (χ1) is 8.52. The third-order valence-corrected chi connectivity index (χ3v) is 3.20. The third kappa shape index (κ3) is 2.20. The van der Waals surface area contributed by atoms with E-state index >= 15 is 0 Å². The SMILES string of the molecule is CCN(C)C(=O)C1CC(=O)Nc2cc(F)ccc21. The fourth-order valence-corrected chi connectivity index (χ4v) is 2.08. The summed E-state index contributed by atoms with van der Waals surface area (Å²) in [4.78, 5) is 25.3. The van der Waals surface area contributed by atoms with Crippen molar-refractivity contribution in [1.29, 1.82) is 0 Å². The molecule has 18 heavy (non-hydrogen) atoms. The molecule has 0 radical (unpaired) electrons. The number of nitrogens with zero attached hydrogens (tertiary/aromatic N) is 1. The first-order valence-corrected chi connectivity index (χ1v) is 5.87. The van der Waals surface area contributed by atoms with Crippen LogP contribution in [0.2, 0.25) is 0 Å². The summed E-state index contributed by atoms with van der Waals surface area (Å²) in [6, 6.07) is 4.12. The standard InChI is InChI=1S/C13H15FN2O2/c1-3-16(2)13(18)10-7-12(17)15-11-6-8(14)4-5-9(10)11/h4-6,10H,3,7H2,1-2H3,(H,15,17). The molecule has 0 saturated carbocycles. The predicted octanol–water partition coefficient (Wildman–Crippen LogP) is 1.73. The van der Waals surface area contributed by atoms with Crippen LogP contribution >= 0.6 is 0 Å². The van der Waals surface area contributed by atoms with Crippen LogP contribution in [0, 0.1) is 5.82 Å². The van der Waals surface area contributed by atoms with Gasteiger partial charge in [-0.3, -0.25) is 9.59 Å². The summed E-state index contributed by atoms with van der Waals surface area (Å²) < 4.78 is 13.1. The molecule has 1 aromatic carbocycles. The zero-order valence-electron chi connectivity index (χ0n) is 10.4. The van der Waals surface area contributed by atoms with Gasteiger partial charge in [0.1, 0.15) is 5.82 Å². The van der Waals surface area contributed by atoms with Crippen LogP contribution in [0.15, 0.2) is 18.2 Å². The summed E-state index contributed by atoms with van der Waals surface area (Å²) in [5.41, 5.74) is 1.08. The molecule has 0 fully saturated rings. The minimum Gasteiger partial charge on any atom is -0.345 e. The van der Waals surface area contributed by atoms with Crippen LogP contribution < -0.4 is 5.32 Å². The zero-order chi connectivity index (χ0) is 13.3. The minimum atomic E-state index is -0.515. The Bertz CT molecular complexity index is 502. The summed E-state index contributed by atoms with van der Waals surface area (Å²) >= 11 is 0. The van der Waals surface area contributed by atoms with Gasteiger partial charge in [0.05, 0.1) is 5.92 Å². The summed E-state index contributed by atoms with van der Waals surface area (Å²) in [6.07, 6.45) is 0.113. The molecule has 0 saturated heterocycles. The van der Waals surface area contributed by atoms with E-state index < -0.39 is 11.7 Å². The number of amides is 2. The van der Waals surface area contributed by atoms with Gasteiger partial charge in [0, 0.05) is 25.7 Å². The van der Waals surface area contributed by atoms with Gasteiger partial charge < -0.3 is 10.2 Å². The number of nitrogens with one attached hydrogen (secondary N) is 1. The van der Waals surface area contributed by atoms with Crippen molar-refractivity contribution >= 4 is 17.5 Å². The van der Waals surface area contributed by atoms with Crippen LogP contribution in [0.3, 0.4) is 0 Å². The number of halogens is 1. The lowest BCUT2D eigenvalue weighted by molar-refractivity contribution is -0.133. The highest BCUT2D eigenvalue weighted by Gasteiger charge is 2.32. The quantitative estimate of drug-likeness (QED) is 0.869. The van der Waals surface area contributed by atoms with Gasteiger partial charge in [-0.1, -0.05) is 6.07 Å². The number of rotatable bonds is 2. The van der Waals surface area contributed by atoms with Crippen LogP contribution in [-0.4, -0.2) is 30.3 Å². The van der Waals surface area contributed by atoms with Crippen molar-refractivity contribution in [3.05, 3.63) is 29.6 Å². The second kappa shape index (κ2) is 4.76. The molecule has 1 atom stereocenters. The molecule has 1 aliphatic rings. The largest absolute Gasteiger partial charge is 0.345 e. The normalized spacial score (nSPS) is 17.9. The van der Waals surface area contributed by atoms with Gasteiger partial charge in [-0.2, -0.15) is 0 Å². The van der Waals surface area contributed by atoms with Crippen LogP contribution in [-0.2, 0) is 9.59 Å². The first-order valence-electron chi connectivity index (χ1n) is 5.87. The van der Waals surface area contributed by atoms with E-state index in [9.17, 15) is 14.0 Å². The second-order valence-electron chi connectivity index (χ2n) is 4.39. The molecule has 2 rings (SSSR count). The molecule has 0 spiro atoms. The van der Waals surface area contributed by atoms with Gasteiger partial charge in [-0.05, 0) is 24.6 Å². The number of hydrogen-bond acceptors (Lipinski definition) is 2. The van der Waals surface area contributed by atoms with Crippen molar-refractivity contribution < 1.29 is 14.0 Å². The van der Waals surface area contributed by atoms with E-state index in [-0.39, 0.29) is 18.2 Å². The van der Waals surface area contributed by atoms with E-state index in [1.54, 1.807) is 18.0 Å². The van der Waals surface area contributed by atoms with Crippen LogP contribution in [0.25, 0.3) is 0 Å². The maximum atomic E-state index is 13.1. The molecule has 0 bridgehead atoms. The molecule has 4 nitrogen and oxygen atoms in total. The lowest BCUT2D eigenvalue weighted by Gasteiger charge is -2.28. The summed E-state index contributed by atoms with van der Waals surface area (Å²) in [7, 11) is 1.69. The maximum Gasteiger partial charge on any atom is 0.230 e. The molecule has 96 valence electrons. The number of fused-ring (bicyclic) bond motifs is 1. The van der Waals surface area contributed by atoms with Crippen LogP contribution in [0.4, 0.5) is 10.1 Å². The lowest BCUT2D eigenvalue weighted by atomic mass is 9.89. The Hall–Kier alpha value is -1.91. The molecular weight excluding hydrogens is 235 g/mol. The Labute approximate surface area is 105 Å². The van der Waals surface area contributed by atoms with Crippen molar-refractivity contribution in [2.45, 2.75) is 19.3 Å². The molecule has 0 aliphatic carbocycles.